The van der Waals surface area contributed by atoms with Crippen molar-refractivity contribution in [2.75, 3.05) is 7.11 Å². The van der Waals surface area contributed by atoms with Crippen molar-refractivity contribution >= 4 is 11.8 Å². The Hall–Kier alpha value is -3.47. The van der Waals surface area contributed by atoms with E-state index in [-0.39, 0.29) is 5.75 Å². The maximum atomic E-state index is 9.90. The van der Waals surface area contributed by atoms with Crippen LogP contribution < -0.4 is 10.1 Å². The summed E-state index contributed by atoms with van der Waals surface area (Å²) in [6, 6.07) is 15.9. The van der Waals surface area contributed by atoms with Crippen LogP contribution in [0, 0.1) is 0 Å². The lowest BCUT2D eigenvalue weighted by molar-refractivity contribution is 0.373. The number of nitrogens with zero attached hydrogens (tertiary/aromatic N) is 2. The van der Waals surface area contributed by atoms with E-state index in [4.69, 9.17) is 4.74 Å². The molecule has 1 aliphatic heterocycles. The lowest BCUT2D eigenvalue weighted by Gasteiger charge is -2.16. The minimum absolute atomic E-state index is 0.144. The number of fused-ring (bicyclic) bond motifs is 1. The van der Waals surface area contributed by atoms with E-state index in [2.05, 4.69) is 33.1 Å². The van der Waals surface area contributed by atoms with Gasteiger partial charge < -0.3 is 19.7 Å². The molecule has 3 aromatic rings. The standard InChI is InChI=1S/C22H21N3O2/c1-27-22-7-4-16(10-21(22)26)12-23-14-18-15-24-13-17-5-6-19(11-20(17)18)25-8-2-3-9-25/h2-11,14-15,23,26H,12-13H2,1H3. The molecular weight excluding hydrogens is 338 g/mol. The van der Waals surface area contributed by atoms with Crippen LogP contribution >= 0.6 is 0 Å². The van der Waals surface area contributed by atoms with Crippen LogP contribution in [0.3, 0.4) is 0 Å². The Kier molecular flexibility index (Phi) is 4.66. The summed E-state index contributed by atoms with van der Waals surface area (Å²) in [7, 11) is 1.54. The molecule has 1 aliphatic rings. The molecule has 4 rings (SSSR count). The Morgan fingerprint density at radius 1 is 1.19 bits per heavy atom. The first-order valence-electron chi connectivity index (χ1n) is 8.80. The zero-order valence-electron chi connectivity index (χ0n) is 15.1. The van der Waals surface area contributed by atoms with Gasteiger partial charge in [0.15, 0.2) is 11.5 Å². The van der Waals surface area contributed by atoms with Crippen LogP contribution in [-0.4, -0.2) is 23.0 Å². The van der Waals surface area contributed by atoms with E-state index in [0.29, 0.717) is 18.8 Å². The van der Waals surface area contributed by atoms with Crippen molar-refractivity contribution in [1.82, 2.24) is 9.88 Å². The smallest absolute Gasteiger partial charge is 0.160 e. The summed E-state index contributed by atoms with van der Waals surface area (Å²) in [6.45, 7) is 1.30. The zero-order chi connectivity index (χ0) is 18.6. The van der Waals surface area contributed by atoms with Crippen molar-refractivity contribution in [3.05, 3.63) is 83.8 Å². The van der Waals surface area contributed by atoms with Crippen LogP contribution in [0.5, 0.6) is 11.5 Å². The van der Waals surface area contributed by atoms with Crippen molar-refractivity contribution in [1.29, 1.82) is 0 Å². The van der Waals surface area contributed by atoms with Gasteiger partial charge in [0.1, 0.15) is 0 Å². The number of methoxy groups -OCH3 is 1. The number of benzene rings is 2. The lowest BCUT2D eigenvalue weighted by Crippen LogP contribution is -2.09. The van der Waals surface area contributed by atoms with Gasteiger partial charge in [-0.1, -0.05) is 12.1 Å². The third-order valence-corrected chi connectivity index (χ3v) is 4.61. The minimum atomic E-state index is 0.144. The van der Waals surface area contributed by atoms with Gasteiger partial charge in [-0.05, 0) is 53.1 Å². The summed E-state index contributed by atoms with van der Waals surface area (Å²) in [4.78, 5) is 4.46. The normalized spacial score (nSPS) is 14.2. The molecule has 5 nitrogen and oxygen atoms in total. The highest BCUT2D eigenvalue weighted by Crippen LogP contribution is 2.27. The van der Waals surface area contributed by atoms with Gasteiger partial charge in [-0.3, -0.25) is 4.99 Å². The summed E-state index contributed by atoms with van der Waals surface area (Å²) < 4.78 is 7.17. The summed E-state index contributed by atoms with van der Waals surface area (Å²) in [6.07, 6.45) is 7.95. The van der Waals surface area contributed by atoms with E-state index < -0.39 is 0 Å². The second-order valence-corrected chi connectivity index (χ2v) is 6.39. The summed E-state index contributed by atoms with van der Waals surface area (Å²) in [5.74, 6) is 0.619. The predicted molar refractivity (Wildman–Crippen MR) is 107 cm³/mol. The van der Waals surface area contributed by atoms with E-state index >= 15 is 0 Å². The molecule has 0 spiro atoms. The number of aliphatic imine (C=N–C) groups is 1. The van der Waals surface area contributed by atoms with E-state index in [9.17, 15) is 5.11 Å². The molecule has 1 aromatic heterocycles. The predicted octanol–water partition coefficient (Wildman–Crippen LogP) is 3.91. The van der Waals surface area contributed by atoms with Crippen molar-refractivity contribution in [3.8, 4) is 17.2 Å². The SMILES string of the molecule is COc1ccc(CNC=C2C=NCc3ccc(-n4cccc4)cc32)cc1O. The summed E-state index contributed by atoms with van der Waals surface area (Å²) in [5.41, 5.74) is 5.53. The molecule has 2 aromatic carbocycles. The molecule has 0 saturated carbocycles. The summed E-state index contributed by atoms with van der Waals surface area (Å²) >= 11 is 0. The maximum absolute atomic E-state index is 9.90. The quantitative estimate of drug-likeness (QED) is 0.726. The molecule has 136 valence electrons. The molecule has 0 bridgehead atoms. The second kappa shape index (κ2) is 7.41. The largest absolute Gasteiger partial charge is 0.504 e. The third kappa shape index (κ3) is 3.58. The molecule has 27 heavy (non-hydrogen) atoms. The molecule has 0 radical (unpaired) electrons. The van der Waals surface area contributed by atoms with Gasteiger partial charge in [0.2, 0.25) is 0 Å². The first-order valence-corrected chi connectivity index (χ1v) is 8.80. The molecule has 0 atom stereocenters. The molecule has 0 unspecified atom stereocenters. The maximum Gasteiger partial charge on any atom is 0.160 e. The fraction of sp³-hybridized carbons (Fsp3) is 0.136. The van der Waals surface area contributed by atoms with Crippen molar-refractivity contribution in [2.24, 2.45) is 4.99 Å². The molecule has 2 N–H and O–H groups in total. The number of rotatable bonds is 5. The van der Waals surface area contributed by atoms with Gasteiger partial charge in [-0.15, -0.1) is 0 Å². The zero-order valence-corrected chi connectivity index (χ0v) is 15.1. The number of hydrogen-bond donors (Lipinski definition) is 2. The van der Waals surface area contributed by atoms with Gasteiger partial charge in [-0.25, -0.2) is 0 Å². The average molecular weight is 359 g/mol. The molecule has 0 fully saturated rings. The number of nitrogens with one attached hydrogen (secondary N) is 1. The van der Waals surface area contributed by atoms with Gasteiger partial charge in [0.05, 0.1) is 13.7 Å². The van der Waals surface area contributed by atoms with Crippen LogP contribution in [0.25, 0.3) is 11.3 Å². The number of ether oxygens (including phenoxy) is 1. The Morgan fingerprint density at radius 2 is 2.04 bits per heavy atom. The number of allylic oxidation sites excluding steroid dienone is 1. The van der Waals surface area contributed by atoms with E-state index in [0.717, 1.165) is 16.8 Å². The first kappa shape index (κ1) is 17.0. The molecular formula is C22H21N3O2. The van der Waals surface area contributed by atoms with Crippen LogP contribution in [0.15, 0.2) is 72.1 Å². The Balaban J connectivity index is 1.54. The fourth-order valence-corrected chi connectivity index (χ4v) is 3.19. The number of aromatic nitrogens is 1. The van der Waals surface area contributed by atoms with Gasteiger partial charge >= 0.3 is 0 Å². The number of aromatic hydroxyl groups is 1. The van der Waals surface area contributed by atoms with E-state index in [1.54, 1.807) is 19.2 Å². The number of phenolic OH excluding ortho intramolecular Hbond substituents is 1. The van der Waals surface area contributed by atoms with Crippen molar-refractivity contribution in [2.45, 2.75) is 13.1 Å². The van der Waals surface area contributed by atoms with Crippen LogP contribution in [-0.2, 0) is 13.1 Å². The van der Waals surface area contributed by atoms with E-state index in [1.165, 1.54) is 11.1 Å². The fourth-order valence-electron chi connectivity index (χ4n) is 3.19. The van der Waals surface area contributed by atoms with Crippen LogP contribution in [0.1, 0.15) is 16.7 Å². The lowest BCUT2D eigenvalue weighted by atomic mass is 9.98. The highest BCUT2D eigenvalue weighted by molar-refractivity contribution is 6.11. The second-order valence-electron chi connectivity index (χ2n) is 6.39. The first-order chi connectivity index (χ1) is 13.2. The van der Waals surface area contributed by atoms with Gasteiger partial charge in [0.25, 0.3) is 0 Å². The molecule has 0 aliphatic carbocycles. The van der Waals surface area contributed by atoms with E-state index in [1.807, 2.05) is 43.0 Å². The van der Waals surface area contributed by atoms with Gasteiger partial charge in [0, 0.05) is 42.6 Å². The van der Waals surface area contributed by atoms with Crippen molar-refractivity contribution in [3.63, 3.8) is 0 Å². The highest BCUT2D eigenvalue weighted by Gasteiger charge is 2.12. The Bertz CT molecular complexity index is 1000. The van der Waals surface area contributed by atoms with Crippen LogP contribution in [0.4, 0.5) is 0 Å². The molecule has 5 heteroatoms. The topological polar surface area (TPSA) is 58.8 Å². The molecule has 2 heterocycles. The third-order valence-electron chi connectivity index (χ3n) is 4.61. The minimum Gasteiger partial charge on any atom is -0.504 e. The average Bonchev–Trinajstić information content (AvgIpc) is 3.23. The number of phenols is 1. The summed E-state index contributed by atoms with van der Waals surface area (Å²) in [5, 5.41) is 13.2. The van der Waals surface area contributed by atoms with Gasteiger partial charge in [-0.2, -0.15) is 0 Å². The number of hydrogen-bond acceptors (Lipinski definition) is 4. The Morgan fingerprint density at radius 3 is 2.81 bits per heavy atom. The molecule has 0 saturated heterocycles. The Labute approximate surface area is 158 Å². The monoisotopic (exact) mass is 359 g/mol. The van der Waals surface area contributed by atoms with Crippen molar-refractivity contribution < 1.29 is 9.84 Å². The van der Waals surface area contributed by atoms with Crippen LogP contribution in [0.2, 0.25) is 0 Å². The molecule has 0 amide bonds. The highest BCUT2D eigenvalue weighted by atomic mass is 16.5.